The van der Waals surface area contributed by atoms with E-state index < -0.39 is 11.8 Å². The number of anilines is 2. The maximum Gasteiger partial charge on any atom is 0.313 e. The highest BCUT2D eigenvalue weighted by Gasteiger charge is 2.26. The lowest BCUT2D eigenvalue weighted by molar-refractivity contribution is -0.143. The molecule has 0 radical (unpaired) electrons. The van der Waals surface area contributed by atoms with Crippen molar-refractivity contribution in [2.24, 2.45) is 0 Å². The van der Waals surface area contributed by atoms with E-state index in [1.165, 1.54) is 12.1 Å². The molecule has 2 aromatic rings. The Hall–Kier alpha value is -2.89. The SMILES string of the molecule is Cc1cc(C)cc(NC(=O)C(=O)N2CCN(c3ccc(F)cc3)CC2)c1. The van der Waals surface area contributed by atoms with Gasteiger partial charge in [-0.15, -0.1) is 0 Å². The summed E-state index contributed by atoms with van der Waals surface area (Å²) in [5.74, 6) is -1.42. The summed E-state index contributed by atoms with van der Waals surface area (Å²) in [6.45, 7) is 6.01. The van der Waals surface area contributed by atoms with Gasteiger partial charge < -0.3 is 15.1 Å². The van der Waals surface area contributed by atoms with Gasteiger partial charge in [0.05, 0.1) is 0 Å². The largest absolute Gasteiger partial charge is 0.368 e. The summed E-state index contributed by atoms with van der Waals surface area (Å²) in [5.41, 5.74) is 3.60. The predicted octanol–water partition coefficient (Wildman–Crippen LogP) is 2.73. The van der Waals surface area contributed by atoms with Crippen LogP contribution in [0.3, 0.4) is 0 Å². The minimum Gasteiger partial charge on any atom is -0.368 e. The average molecular weight is 355 g/mol. The van der Waals surface area contributed by atoms with Crippen molar-refractivity contribution in [2.75, 3.05) is 36.4 Å². The molecule has 1 heterocycles. The molecule has 0 spiro atoms. The summed E-state index contributed by atoms with van der Waals surface area (Å²) < 4.78 is 13.0. The molecule has 2 aromatic carbocycles. The summed E-state index contributed by atoms with van der Waals surface area (Å²) in [5, 5.41) is 2.68. The summed E-state index contributed by atoms with van der Waals surface area (Å²) >= 11 is 0. The molecule has 0 atom stereocenters. The van der Waals surface area contributed by atoms with Crippen LogP contribution in [0.25, 0.3) is 0 Å². The smallest absolute Gasteiger partial charge is 0.313 e. The van der Waals surface area contributed by atoms with Crippen LogP contribution in [-0.2, 0) is 9.59 Å². The van der Waals surface area contributed by atoms with Gasteiger partial charge >= 0.3 is 11.8 Å². The van der Waals surface area contributed by atoms with E-state index in [-0.39, 0.29) is 5.82 Å². The summed E-state index contributed by atoms with van der Waals surface area (Å²) in [6.07, 6.45) is 0. The van der Waals surface area contributed by atoms with Crippen molar-refractivity contribution in [1.82, 2.24) is 4.90 Å². The predicted molar refractivity (Wildman–Crippen MR) is 99.7 cm³/mol. The third-order valence-electron chi connectivity index (χ3n) is 4.43. The first-order chi connectivity index (χ1) is 12.4. The summed E-state index contributed by atoms with van der Waals surface area (Å²) in [4.78, 5) is 28.3. The molecule has 26 heavy (non-hydrogen) atoms. The third-order valence-corrected chi connectivity index (χ3v) is 4.43. The van der Waals surface area contributed by atoms with E-state index in [2.05, 4.69) is 10.2 Å². The Morgan fingerprint density at radius 1 is 0.923 bits per heavy atom. The minimum absolute atomic E-state index is 0.273. The second-order valence-corrected chi connectivity index (χ2v) is 6.59. The van der Waals surface area contributed by atoms with Gasteiger partial charge in [0.25, 0.3) is 0 Å². The van der Waals surface area contributed by atoms with Crippen LogP contribution in [-0.4, -0.2) is 42.9 Å². The molecule has 0 saturated carbocycles. The molecule has 136 valence electrons. The highest BCUT2D eigenvalue weighted by molar-refractivity contribution is 6.39. The van der Waals surface area contributed by atoms with Crippen molar-refractivity contribution in [3.05, 3.63) is 59.4 Å². The van der Waals surface area contributed by atoms with Crippen molar-refractivity contribution >= 4 is 23.2 Å². The Kier molecular flexibility index (Phi) is 5.21. The van der Waals surface area contributed by atoms with E-state index in [0.717, 1.165) is 16.8 Å². The number of benzene rings is 2. The molecule has 0 bridgehead atoms. The highest BCUT2D eigenvalue weighted by Crippen LogP contribution is 2.18. The molecule has 1 aliphatic rings. The van der Waals surface area contributed by atoms with E-state index in [9.17, 15) is 14.0 Å². The van der Waals surface area contributed by atoms with Crippen LogP contribution in [0.15, 0.2) is 42.5 Å². The molecule has 1 N–H and O–H groups in total. The number of halogens is 1. The van der Waals surface area contributed by atoms with Crippen molar-refractivity contribution in [3.8, 4) is 0 Å². The standard InChI is InChI=1S/C20H22FN3O2/c1-14-11-15(2)13-17(12-14)22-19(25)20(26)24-9-7-23(8-10-24)18-5-3-16(21)4-6-18/h3-6,11-13H,7-10H2,1-2H3,(H,22,25). The zero-order valence-electron chi connectivity index (χ0n) is 15.0. The van der Waals surface area contributed by atoms with Gasteiger partial charge in [0.2, 0.25) is 0 Å². The van der Waals surface area contributed by atoms with Crippen LogP contribution in [0.1, 0.15) is 11.1 Å². The number of hydrogen-bond acceptors (Lipinski definition) is 3. The van der Waals surface area contributed by atoms with Crippen LogP contribution in [0.5, 0.6) is 0 Å². The van der Waals surface area contributed by atoms with Gasteiger partial charge in [0, 0.05) is 37.6 Å². The molecule has 0 unspecified atom stereocenters. The number of carbonyl (C=O) groups is 2. The molecular formula is C20H22FN3O2. The lowest BCUT2D eigenvalue weighted by Gasteiger charge is -2.35. The van der Waals surface area contributed by atoms with Gasteiger partial charge in [-0.2, -0.15) is 0 Å². The van der Waals surface area contributed by atoms with Crippen LogP contribution >= 0.6 is 0 Å². The minimum atomic E-state index is -0.620. The Morgan fingerprint density at radius 3 is 2.08 bits per heavy atom. The highest BCUT2D eigenvalue weighted by atomic mass is 19.1. The molecule has 0 aliphatic carbocycles. The first-order valence-electron chi connectivity index (χ1n) is 8.61. The Balaban J connectivity index is 1.57. The molecular weight excluding hydrogens is 333 g/mol. The van der Waals surface area contributed by atoms with E-state index >= 15 is 0 Å². The fourth-order valence-corrected chi connectivity index (χ4v) is 3.19. The van der Waals surface area contributed by atoms with Crippen LogP contribution in [0.4, 0.5) is 15.8 Å². The second-order valence-electron chi connectivity index (χ2n) is 6.59. The zero-order valence-corrected chi connectivity index (χ0v) is 15.0. The van der Waals surface area contributed by atoms with Gasteiger partial charge in [-0.05, 0) is 61.4 Å². The van der Waals surface area contributed by atoms with Gasteiger partial charge in [-0.25, -0.2) is 4.39 Å². The van der Waals surface area contributed by atoms with Crippen LogP contribution in [0, 0.1) is 19.7 Å². The topological polar surface area (TPSA) is 52.7 Å². The lowest BCUT2D eigenvalue weighted by Crippen LogP contribution is -2.51. The lowest BCUT2D eigenvalue weighted by atomic mass is 10.1. The van der Waals surface area contributed by atoms with Crippen molar-refractivity contribution in [1.29, 1.82) is 0 Å². The monoisotopic (exact) mass is 355 g/mol. The van der Waals surface area contributed by atoms with Gasteiger partial charge in [-0.1, -0.05) is 6.07 Å². The van der Waals surface area contributed by atoms with E-state index in [0.29, 0.717) is 31.9 Å². The number of piperazine rings is 1. The molecule has 1 fully saturated rings. The van der Waals surface area contributed by atoms with Crippen LogP contribution < -0.4 is 10.2 Å². The maximum absolute atomic E-state index is 13.0. The zero-order chi connectivity index (χ0) is 18.7. The Bertz CT molecular complexity index is 792. The quantitative estimate of drug-likeness (QED) is 0.843. The number of amides is 2. The first kappa shape index (κ1) is 17.9. The second kappa shape index (κ2) is 7.56. The number of carbonyl (C=O) groups excluding carboxylic acids is 2. The van der Waals surface area contributed by atoms with Crippen molar-refractivity contribution < 1.29 is 14.0 Å². The molecule has 0 aromatic heterocycles. The van der Waals surface area contributed by atoms with E-state index in [1.807, 2.05) is 32.0 Å². The third kappa shape index (κ3) is 4.20. The Morgan fingerprint density at radius 2 is 1.50 bits per heavy atom. The van der Waals surface area contributed by atoms with Crippen molar-refractivity contribution in [3.63, 3.8) is 0 Å². The molecule has 6 heteroatoms. The number of aryl methyl sites for hydroxylation is 2. The van der Waals surface area contributed by atoms with E-state index in [4.69, 9.17) is 0 Å². The molecule has 1 aliphatic heterocycles. The van der Waals surface area contributed by atoms with Gasteiger partial charge in [0.1, 0.15) is 5.82 Å². The molecule has 2 amide bonds. The molecule has 1 saturated heterocycles. The normalized spacial score (nSPS) is 14.3. The molecule has 3 rings (SSSR count). The number of nitrogens with one attached hydrogen (secondary N) is 1. The number of rotatable bonds is 2. The number of nitrogens with zero attached hydrogens (tertiary/aromatic N) is 2. The number of hydrogen-bond donors (Lipinski definition) is 1. The Labute approximate surface area is 152 Å². The fraction of sp³-hybridized carbons (Fsp3) is 0.300. The van der Waals surface area contributed by atoms with Gasteiger partial charge in [0.15, 0.2) is 0 Å². The summed E-state index contributed by atoms with van der Waals surface area (Å²) in [7, 11) is 0. The maximum atomic E-state index is 13.0. The summed E-state index contributed by atoms with van der Waals surface area (Å²) in [6, 6.07) is 12.0. The first-order valence-corrected chi connectivity index (χ1v) is 8.61. The van der Waals surface area contributed by atoms with Crippen molar-refractivity contribution in [2.45, 2.75) is 13.8 Å². The average Bonchev–Trinajstić information content (AvgIpc) is 2.61. The van der Waals surface area contributed by atoms with E-state index in [1.54, 1.807) is 17.0 Å². The fourth-order valence-electron chi connectivity index (χ4n) is 3.19. The molecule has 5 nitrogen and oxygen atoms in total. The van der Waals surface area contributed by atoms with Crippen LogP contribution in [0.2, 0.25) is 0 Å². The van der Waals surface area contributed by atoms with Gasteiger partial charge in [-0.3, -0.25) is 9.59 Å².